The molecule has 6 heteroatoms. The second-order valence-corrected chi connectivity index (χ2v) is 6.59. The molecule has 0 radical (unpaired) electrons. The molecule has 2 heterocycles. The van der Waals surface area contributed by atoms with E-state index < -0.39 is 0 Å². The average molecular weight is 350 g/mol. The number of hydrogen-bond acceptors (Lipinski definition) is 4. The molecule has 0 aliphatic carbocycles. The fraction of sp³-hybridized carbons (Fsp3) is 0.737. The summed E-state index contributed by atoms with van der Waals surface area (Å²) in [6.07, 6.45) is 5.50. The first kappa shape index (κ1) is 19.8. The van der Waals surface area contributed by atoms with Gasteiger partial charge in [-0.3, -0.25) is 9.89 Å². The van der Waals surface area contributed by atoms with E-state index in [9.17, 15) is 0 Å². The molecule has 1 saturated heterocycles. The van der Waals surface area contributed by atoms with Crippen molar-refractivity contribution in [1.29, 1.82) is 0 Å². The Balaban J connectivity index is 1.81. The Morgan fingerprint density at radius 3 is 2.68 bits per heavy atom. The van der Waals surface area contributed by atoms with Gasteiger partial charge in [-0.1, -0.05) is 13.8 Å². The van der Waals surface area contributed by atoms with E-state index in [4.69, 9.17) is 4.42 Å². The highest BCUT2D eigenvalue weighted by molar-refractivity contribution is 5.79. The van der Waals surface area contributed by atoms with Crippen molar-refractivity contribution in [3.63, 3.8) is 0 Å². The third-order valence-corrected chi connectivity index (χ3v) is 4.85. The monoisotopic (exact) mass is 349 g/mol. The molecule has 1 fully saturated rings. The summed E-state index contributed by atoms with van der Waals surface area (Å²) < 4.78 is 5.68. The van der Waals surface area contributed by atoms with Crippen LogP contribution in [0.25, 0.3) is 0 Å². The molecule has 1 unspecified atom stereocenters. The summed E-state index contributed by atoms with van der Waals surface area (Å²) in [5, 5.41) is 6.91. The van der Waals surface area contributed by atoms with Crippen molar-refractivity contribution in [3.8, 4) is 0 Å². The third-order valence-electron chi connectivity index (χ3n) is 4.85. The molecular formula is C19H35N5O. The summed E-state index contributed by atoms with van der Waals surface area (Å²) in [7, 11) is 1.83. The van der Waals surface area contributed by atoms with Crippen molar-refractivity contribution in [2.75, 3.05) is 52.9 Å². The molecule has 25 heavy (non-hydrogen) atoms. The van der Waals surface area contributed by atoms with Crippen molar-refractivity contribution < 1.29 is 4.42 Å². The summed E-state index contributed by atoms with van der Waals surface area (Å²) in [5.41, 5.74) is 0. The molecular weight excluding hydrogens is 314 g/mol. The van der Waals surface area contributed by atoms with Crippen molar-refractivity contribution >= 4 is 5.96 Å². The van der Waals surface area contributed by atoms with Gasteiger partial charge in [-0.25, -0.2) is 0 Å². The smallest absolute Gasteiger partial charge is 0.191 e. The van der Waals surface area contributed by atoms with Crippen LogP contribution in [0.4, 0.5) is 0 Å². The third kappa shape index (κ3) is 6.36. The molecule has 2 N–H and O–H groups in total. The van der Waals surface area contributed by atoms with Crippen LogP contribution in [0.2, 0.25) is 0 Å². The molecule has 0 bridgehead atoms. The van der Waals surface area contributed by atoms with Gasteiger partial charge in [0.15, 0.2) is 5.96 Å². The van der Waals surface area contributed by atoms with Gasteiger partial charge in [-0.05, 0) is 57.6 Å². The lowest BCUT2D eigenvalue weighted by Crippen LogP contribution is -2.44. The Hall–Kier alpha value is -1.53. The van der Waals surface area contributed by atoms with E-state index in [-0.39, 0.29) is 6.04 Å². The van der Waals surface area contributed by atoms with Crippen LogP contribution in [0.15, 0.2) is 27.8 Å². The highest BCUT2D eigenvalue weighted by Gasteiger charge is 2.25. The molecule has 1 aromatic rings. The van der Waals surface area contributed by atoms with Crippen LogP contribution in [-0.4, -0.2) is 68.6 Å². The van der Waals surface area contributed by atoms with Gasteiger partial charge in [0.1, 0.15) is 5.76 Å². The molecule has 2 rings (SSSR count). The maximum atomic E-state index is 5.68. The van der Waals surface area contributed by atoms with E-state index >= 15 is 0 Å². The number of nitrogens with zero attached hydrogens (tertiary/aromatic N) is 3. The van der Waals surface area contributed by atoms with Crippen LogP contribution in [0.5, 0.6) is 0 Å². The second-order valence-electron chi connectivity index (χ2n) is 6.59. The van der Waals surface area contributed by atoms with Gasteiger partial charge in [-0.15, -0.1) is 0 Å². The first-order chi connectivity index (χ1) is 12.3. The van der Waals surface area contributed by atoms with Gasteiger partial charge >= 0.3 is 0 Å². The Morgan fingerprint density at radius 2 is 2.08 bits per heavy atom. The SMILES string of the molecule is CCCN(CC)CCNC(=NC)NCC(c1ccco1)N1CCCC1. The molecule has 0 aromatic carbocycles. The first-order valence-electron chi connectivity index (χ1n) is 9.72. The Kier molecular flexibility index (Phi) is 8.83. The van der Waals surface area contributed by atoms with Gasteiger partial charge in [-0.2, -0.15) is 0 Å². The number of furan rings is 1. The van der Waals surface area contributed by atoms with E-state index in [2.05, 4.69) is 45.3 Å². The topological polar surface area (TPSA) is 56.0 Å². The highest BCUT2D eigenvalue weighted by Crippen LogP contribution is 2.24. The average Bonchev–Trinajstić information content (AvgIpc) is 3.33. The van der Waals surface area contributed by atoms with Crippen LogP contribution < -0.4 is 10.6 Å². The Labute approximate surface area is 152 Å². The van der Waals surface area contributed by atoms with Crippen molar-refractivity contribution in [1.82, 2.24) is 20.4 Å². The molecule has 1 aromatic heterocycles. The fourth-order valence-corrected chi connectivity index (χ4v) is 3.43. The summed E-state index contributed by atoms with van der Waals surface area (Å²) in [5.74, 6) is 1.90. The first-order valence-corrected chi connectivity index (χ1v) is 9.72. The Morgan fingerprint density at radius 1 is 1.28 bits per heavy atom. The predicted octanol–water partition coefficient (Wildman–Crippen LogP) is 2.31. The number of likely N-dealkylation sites (tertiary alicyclic amines) is 1. The standard InChI is InChI=1S/C19H35N5O/c1-4-11-23(5-2)14-10-21-19(20-3)22-16-17(18-9-8-15-25-18)24-12-6-7-13-24/h8-9,15,17H,4-7,10-14,16H2,1-3H3,(H2,20,21,22). The molecule has 0 spiro atoms. The largest absolute Gasteiger partial charge is 0.468 e. The van der Waals surface area contributed by atoms with Crippen LogP contribution in [0.3, 0.4) is 0 Å². The summed E-state index contributed by atoms with van der Waals surface area (Å²) in [4.78, 5) is 9.32. The summed E-state index contributed by atoms with van der Waals surface area (Å²) >= 11 is 0. The lowest BCUT2D eigenvalue weighted by Gasteiger charge is -2.27. The maximum absolute atomic E-state index is 5.68. The van der Waals surface area contributed by atoms with Crippen molar-refractivity contribution in [3.05, 3.63) is 24.2 Å². The minimum atomic E-state index is 0.267. The van der Waals surface area contributed by atoms with Crippen molar-refractivity contribution in [2.24, 2.45) is 4.99 Å². The van der Waals surface area contributed by atoms with Gasteiger partial charge in [0.05, 0.1) is 12.3 Å². The minimum absolute atomic E-state index is 0.267. The van der Waals surface area contributed by atoms with Crippen LogP contribution in [0.1, 0.15) is 44.9 Å². The molecule has 1 aliphatic rings. The number of likely N-dealkylation sites (N-methyl/N-ethyl adjacent to an activating group) is 1. The lowest BCUT2D eigenvalue weighted by atomic mass is 10.2. The van der Waals surface area contributed by atoms with Crippen molar-refractivity contribution in [2.45, 2.75) is 39.2 Å². The van der Waals surface area contributed by atoms with E-state index in [1.165, 1.54) is 19.3 Å². The van der Waals surface area contributed by atoms with Crippen LogP contribution in [-0.2, 0) is 0 Å². The van der Waals surface area contributed by atoms with E-state index in [1.807, 2.05) is 13.1 Å². The molecule has 1 atom stereocenters. The maximum Gasteiger partial charge on any atom is 0.191 e. The predicted molar refractivity (Wildman–Crippen MR) is 104 cm³/mol. The molecule has 142 valence electrons. The molecule has 0 saturated carbocycles. The molecule has 0 amide bonds. The van der Waals surface area contributed by atoms with Gasteiger partial charge in [0, 0.05) is 26.7 Å². The van der Waals surface area contributed by atoms with Crippen LogP contribution in [0, 0.1) is 0 Å². The number of aliphatic imine (C=N–C) groups is 1. The Bertz CT molecular complexity index is 482. The van der Waals surface area contributed by atoms with Gasteiger partial charge < -0.3 is 20.0 Å². The number of hydrogen-bond donors (Lipinski definition) is 2. The summed E-state index contributed by atoms with van der Waals surface area (Å²) in [6, 6.07) is 4.31. The van der Waals surface area contributed by atoms with E-state index in [1.54, 1.807) is 6.26 Å². The minimum Gasteiger partial charge on any atom is -0.468 e. The zero-order valence-corrected chi connectivity index (χ0v) is 16.1. The molecule has 1 aliphatic heterocycles. The fourth-order valence-electron chi connectivity index (χ4n) is 3.43. The number of guanidine groups is 1. The zero-order valence-electron chi connectivity index (χ0n) is 16.1. The zero-order chi connectivity index (χ0) is 17.9. The summed E-state index contributed by atoms with van der Waals surface area (Å²) in [6.45, 7) is 11.7. The van der Waals surface area contributed by atoms with Gasteiger partial charge in [0.2, 0.25) is 0 Å². The normalized spacial score (nSPS) is 17.2. The molecule has 6 nitrogen and oxygen atoms in total. The van der Waals surface area contributed by atoms with E-state index in [0.717, 1.165) is 57.5 Å². The number of nitrogens with one attached hydrogen (secondary N) is 2. The lowest BCUT2D eigenvalue weighted by molar-refractivity contribution is 0.215. The number of rotatable bonds is 10. The van der Waals surface area contributed by atoms with E-state index in [0.29, 0.717) is 0 Å². The second kappa shape index (κ2) is 11.2. The highest BCUT2D eigenvalue weighted by atomic mass is 16.3. The quantitative estimate of drug-likeness (QED) is 0.501. The van der Waals surface area contributed by atoms with Gasteiger partial charge in [0.25, 0.3) is 0 Å². The van der Waals surface area contributed by atoms with Crippen LogP contribution >= 0.6 is 0 Å².